The van der Waals surface area contributed by atoms with Crippen molar-refractivity contribution in [2.75, 3.05) is 37.9 Å². The Morgan fingerprint density at radius 1 is 0.673 bits per heavy atom. The highest BCUT2D eigenvalue weighted by molar-refractivity contribution is 7.75. The maximum atomic E-state index is 12.7. The van der Waals surface area contributed by atoms with Crippen LogP contribution in [0.15, 0.2) is 42.5 Å². The van der Waals surface area contributed by atoms with Crippen LogP contribution in [0.4, 0.5) is 0 Å². The lowest BCUT2D eigenvalue weighted by atomic mass is 10.1. The number of aliphatic hydroxyl groups is 1. The number of esters is 2. The number of aliphatic hydroxyl groups excluding tert-OH is 1. The largest absolute Gasteiger partial charge is 0.545 e. The van der Waals surface area contributed by atoms with Crippen molar-refractivity contribution in [1.82, 2.24) is 0 Å². The molecule has 49 heavy (non-hydrogen) atoms. The zero-order valence-electron chi connectivity index (χ0n) is 31.7. The number of rotatable bonds is 30. The lowest BCUT2D eigenvalue weighted by Gasteiger charge is -2.28. The molecule has 7 nitrogen and oxygen atoms in total. The third kappa shape index (κ3) is 27.2. The van der Waals surface area contributed by atoms with Crippen LogP contribution in [-0.4, -0.2) is 67.0 Å². The number of carbonyl (C=O) groups excluding carboxylic acids is 3. The van der Waals surface area contributed by atoms with Gasteiger partial charge in [-0.3, -0.25) is 4.79 Å². The molecule has 0 aromatic heterocycles. The number of hydrogen-bond donors (Lipinski definition) is 1. The third-order valence-corrected chi connectivity index (χ3v) is 13.9. The molecule has 0 amide bonds. The van der Waals surface area contributed by atoms with Gasteiger partial charge in [-0.2, -0.15) is 0 Å². The summed E-state index contributed by atoms with van der Waals surface area (Å²) in [5, 5.41) is 20.2. The topological polar surface area (TPSA) is 113 Å². The van der Waals surface area contributed by atoms with Crippen LogP contribution in [0.5, 0.6) is 0 Å². The van der Waals surface area contributed by atoms with E-state index in [1.807, 2.05) is 0 Å². The van der Waals surface area contributed by atoms with Gasteiger partial charge in [0.15, 0.2) is 0 Å². The maximum absolute atomic E-state index is 12.7. The summed E-state index contributed by atoms with van der Waals surface area (Å²) in [4.78, 5) is 34.4. The summed E-state index contributed by atoms with van der Waals surface area (Å²) in [6.45, 7) is 11.6. The molecule has 1 rings (SSSR count). The van der Waals surface area contributed by atoms with Crippen LogP contribution in [0.2, 0.25) is 0 Å². The standard InChI is InChI=1S/C34H66O5P.C7H6O2/c1-6-9-12-15-18-21-25-40(26-22-19-16-13-10-7-2,27-23-20-17-14-11-8-3)28-24-33(36)38-29-32(35)30-39-34(37)31(4)5;8-7(9)6-4-2-1-3-5-6/h32,35H,4,6-30H2,1-3,5H3;1-5H,(H,8,9)/q+1;/p-1. The molecule has 282 valence electrons. The normalized spacial score (nSPS) is 11.7. The number of aromatic carboxylic acids is 1. The third-order valence-electron chi connectivity index (χ3n) is 8.95. The molecule has 1 atom stereocenters. The predicted molar refractivity (Wildman–Crippen MR) is 205 cm³/mol. The minimum atomic E-state index is -1.24. The van der Waals surface area contributed by atoms with Gasteiger partial charge in [0.2, 0.25) is 0 Å². The quantitative estimate of drug-likeness (QED) is 0.0367. The van der Waals surface area contributed by atoms with Crippen LogP contribution >= 0.6 is 7.26 Å². The smallest absolute Gasteiger partial charge is 0.333 e. The van der Waals surface area contributed by atoms with E-state index in [1.165, 1.54) is 146 Å². The Kier molecular flexibility index (Phi) is 30.3. The van der Waals surface area contributed by atoms with Crippen LogP contribution < -0.4 is 5.11 Å². The summed E-state index contributed by atoms with van der Waals surface area (Å²) in [5.74, 6) is -1.90. The van der Waals surface area contributed by atoms with Crippen molar-refractivity contribution >= 4 is 25.2 Å². The molecule has 1 unspecified atom stereocenters. The Bertz CT molecular complexity index is 941. The van der Waals surface area contributed by atoms with Crippen LogP contribution in [0, 0.1) is 0 Å². The molecule has 0 heterocycles. The fourth-order valence-electron chi connectivity index (χ4n) is 5.86. The molecule has 0 fully saturated rings. The average molecular weight is 707 g/mol. The number of hydrogen-bond acceptors (Lipinski definition) is 7. The number of carboxylic acids is 1. The van der Waals surface area contributed by atoms with Crippen LogP contribution in [-0.2, 0) is 19.1 Å². The van der Waals surface area contributed by atoms with Gasteiger partial charge >= 0.3 is 11.9 Å². The average Bonchev–Trinajstić information content (AvgIpc) is 3.10. The molecule has 1 aromatic rings. The van der Waals surface area contributed by atoms with Gasteiger partial charge in [-0.15, -0.1) is 0 Å². The first kappa shape index (κ1) is 46.8. The molecule has 0 radical (unpaired) electrons. The van der Waals surface area contributed by atoms with Gasteiger partial charge < -0.3 is 24.5 Å². The van der Waals surface area contributed by atoms with Crippen LogP contribution in [0.3, 0.4) is 0 Å². The van der Waals surface area contributed by atoms with Crippen molar-refractivity contribution in [2.24, 2.45) is 0 Å². The zero-order valence-corrected chi connectivity index (χ0v) is 32.6. The van der Waals surface area contributed by atoms with Crippen molar-refractivity contribution in [3.63, 3.8) is 0 Å². The van der Waals surface area contributed by atoms with Gasteiger partial charge in [0.1, 0.15) is 19.3 Å². The molecule has 0 saturated carbocycles. The van der Waals surface area contributed by atoms with Gasteiger partial charge in [-0.1, -0.05) is 135 Å². The van der Waals surface area contributed by atoms with E-state index in [1.54, 1.807) is 25.1 Å². The summed E-state index contributed by atoms with van der Waals surface area (Å²) in [6, 6.07) is 8.06. The molecule has 0 aliphatic carbocycles. The molecule has 0 bridgehead atoms. The van der Waals surface area contributed by atoms with Crippen molar-refractivity contribution in [3.05, 3.63) is 48.0 Å². The lowest BCUT2D eigenvalue weighted by molar-refractivity contribution is -0.255. The fourth-order valence-corrected chi connectivity index (χ4v) is 10.5. The Morgan fingerprint density at radius 3 is 1.47 bits per heavy atom. The summed E-state index contributed by atoms with van der Waals surface area (Å²) >= 11 is 0. The number of benzene rings is 1. The zero-order chi connectivity index (χ0) is 36.6. The number of carboxylic acid groups (broad SMARTS) is 1. The van der Waals surface area contributed by atoms with E-state index in [0.717, 1.165) is 6.16 Å². The molecular formula is C41H71O7P. The highest BCUT2D eigenvalue weighted by Gasteiger charge is 2.36. The molecule has 0 aliphatic heterocycles. The van der Waals surface area contributed by atoms with Crippen molar-refractivity contribution in [3.8, 4) is 0 Å². The Hall–Kier alpha value is -2.24. The lowest BCUT2D eigenvalue weighted by Crippen LogP contribution is -2.26. The minimum absolute atomic E-state index is 0.139. The molecule has 1 aromatic carbocycles. The number of ether oxygens (including phenoxy) is 2. The second-order valence-electron chi connectivity index (χ2n) is 13.7. The van der Waals surface area contributed by atoms with Gasteiger partial charge in [0.25, 0.3) is 0 Å². The summed E-state index contributed by atoms with van der Waals surface area (Å²) in [5.41, 5.74) is 0.503. The molecular weight excluding hydrogens is 635 g/mol. The van der Waals surface area contributed by atoms with Gasteiger partial charge in [-0.25, -0.2) is 4.79 Å². The van der Waals surface area contributed by atoms with Gasteiger partial charge in [0, 0.05) is 12.8 Å². The van der Waals surface area contributed by atoms with Gasteiger partial charge in [-0.05, 0) is 51.0 Å². The highest BCUT2D eigenvalue weighted by Crippen LogP contribution is 2.61. The fraction of sp³-hybridized carbons (Fsp3) is 0.732. The Morgan fingerprint density at radius 2 is 1.08 bits per heavy atom. The minimum Gasteiger partial charge on any atom is -0.545 e. The van der Waals surface area contributed by atoms with Gasteiger partial charge in [0.05, 0.1) is 37.0 Å². The van der Waals surface area contributed by atoms with Crippen molar-refractivity contribution < 1.29 is 34.1 Å². The van der Waals surface area contributed by atoms with Crippen LogP contribution in [0.1, 0.15) is 160 Å². The number of carbonyl (C=O) groups is 3. The second-order valence-corrected chi connectivity index (χ2v) is 18.1. The molecule has 0 saturated heterocycles. The van der Waals surface area contributed by atoms with E-state index in [9.17, 15) is 24.6 Å². The first-order valence-electron chi connectivity index (χ1n) is 19.4. The SMILES string of the molecule is C=C(C)C(=O)OCC(O)COC(=O)CC[P+](CCCCCCCC)(CCCCCCCC)CCCCCCCC.O=C([O-])c1ccccc1. The predicted octanol–water partition coefficient (Wildman–Crippen LogP) is 9.55. The molecule has 0 spiro atoms. The van der Waals surface area contributed by atoms with E-state index in [-0.39, 0.29) is 30.3 Å². The summed E-state index contributed by atoms with van der Waals surface area (Å²) < 4.78 is 10.4. The van der Waals surface area contributed by atoms with E-state index in [0.29, 0.717) is 6.42 Å². The first-order valence-corrected chi connectivity index (χ1v) is 21.9. The highest BCUT2D eigenvalue weighted by atomic mass is 31.2. The van der Waals surface area contributed by atoms with E-state index >= 15 is 0 Å². The van der Waals surface area contributed by atoms with Crippen LogP contribution in [0.25, 0.3) is 0 Å². The monoisotopic (exact) mass is 706 g/mol. The molecule has 0 aliphatic rings. The Labute approximate surface area is 300 Å². The molecule has 1 N–H and O–H groups in total. The molecule has 8 heteroatoms. The van der Waals surface area contributed by atoms with Crippen molar-refractivity contribution in [2.45, 2.75) is 156 Å². The number of unbranched alkanes of at least 4 members (excludes halogenated alkanes) is 15. The maximum Gasteiger partial charge on any atom is 0.333 e. The summed E-state index contributed by atoms with van der Waals surface area (Å²) in [6.07, 6.45) is 28.0. The second kappa shape index (κ2) is 31.7. The Balaban J connectivity index is 0.00000219. The van der Waals surface area contributed by atoms with E-state index < -0.39 is 25.3 Å². The van der Waals surface area contributed by atoms with Crippen molar-refractivity contribution in [1.29, 1.82) is 0 Å². The summed E-state index contributed by atoms with van der Waals surface area (Å²) in [7, 11) is -1.24. The first-order chi connectivity index (χ1) is 23.6. The van der Waals surface area contributed by atoms with E-state index in [4.69, 9.17) is 9.47 Å². The van der Waals surface area contributed by atoms with E-state index in [2.05, 4.69) is 27.4 Å².